The molecule has 5 aromatic rings. The zero-order valence-electron chi connectivity index (χ0n) is 21.8. The van der Waals surface area contributed by atoms with Crippen molar-refractivity contribution in [3.8, 4) is 16.9 Å². The summed E-state index contributed by atoms with van der Waals surface area (Å²) in [5.41, 5.74) is 6.57. The lowest BCUT2D eigenvalue weighted by molar-refractivity contribution is -0.120. The van der Waals surface area contributed by atoms with Gasteiger partial charge in [-0.3, -0.25) is 4.79 Å². The van der Waals surface area contributed by atoms with Crippen LogP contribution in [0.4, 0.5) is 0 Å². The van der Waals surface area contributed by atoms with Crippen LogP contribution in [0.1, 0.15) is 23.4 Å². The van der Waals surface area contributed by atoms with Crippen LogP contribution in [0.15, 0.2) is 103 Å². The molecule has 0 aliphatic heterocycles. The van der Waals surface area contributed by atoms with Crippen molar-refractivity contribution in [1.29, 1.82) is 0 Å². The van der Waals surface area contributed by atoms with Crippen molar-refractivity contribution in [2.24, 2.45) is 0 Å². The molecule has 0 aliphatic rings. The summed E-state index contributed by atoms with van der Waals surface area (Å²) in [7, 11) is 0. The molecule has 1 amide bonds. The maximum atomic E-state index is 12.5. The number of amides is 1. The van der Waals surface area contributed by atoms with E-state index in [2.05, 4.69) is 53.2 Å². The molecule has 0 saturated carbocycles. The fourth-order valence-corrected chi connectivity index (χ4v) is 4.70. The molecule has 1 aromatic heterocycles. The SMILES string of the molecule is Cc1ccccc1OCCn1c(CCCNC(=O)Cc2ccc(-c3ccccc3)cc2)nc2ccccc21. The van der Waals surface area contributed by atoms with Crippen LogP contribution in [0.2, 0.25) is 0 Å². The van der Waals surface area contributed by atoms with Gasteiger partial charge in [-0.1, -0.05) is 84.9 Å². The molecule has 0 bridgehead atoms. The molecule has 0 fully saturated rings. The number of nitrogens with one attached hydrogen (secondary N) is 1. The molecular weight excluding hydrogens is 470 g/mol. The van der Waals surface area contributed by atoms with Crippen LogP contribution in [-0.4, -0.2) is 28.6 Å². The standard InChI is InChI=1S/C33H33N3O2/c1-25-10-5-8-15-31(25)38-23-22-36-30-14-7-6-13-29(30)35-32(36)16-9-21-34-33(37)24-26-17-19-28(20-18-26)27-11-3-2-4-12-27/h2-8,10-15,17-20H,9,16,21-24H2,1H3,(H,34,37). The monoisotopic (exact) mass is 503 g/mol. The molecule has 0 aliphatic carbocycles. The smallest absolute Gasteiger partial charge is 0.224 e. The van der Waals surface area contributed by atoms with Gasteiger partial charge in [0.05, 0.1) is 24.0 Å². The molecule has 1 N–H and O–H groups in total. The van der Waals surface area contributed by atoms with Crippen molar-refractivity contribution >= 4 is 16.9 Å². The molecule has 5 heteroatoms. The van der Waals surface area contributed by atoms with Crippen molar-refractivity contribution in [2.75, 3.05) is 13.2 Å². The topological polar surface area (TPSA) is 56.1 Å². The lowest BCUT2D eigenvalue weighted by Gasteiger charge is -2.12. The normalized spacial score (nSPS) is 11.0. The number of carbonyl (C=O) groups is 1. The van der Waals surface area contributed by atoms with E-state index in [9.17, 15) is 4.79 Å². The maximum absolute atomic E-state index is 12.5. The number of imidazole rings is 1. The van der Waals surface area contributed by atoms with Gasteiger partial charge in [-0.15, -0.1) is 0 Å². The third-order valence-electron chi connectivity index (χ3n) is 6.72. The van der Waals surface area contributed by atoms with Gasteiger partial charge in [0, 0.05) is 13.0 Å². The summed E-state index contributed by atoms with van der Waals surface area (Å²) in [6.07, 6.45) is 1.98. The van der Waals surface area contributed by atoms with Crippen LogP contribution in [0.25, 0.3) is 22.2 Å². The molecule has 192 valence electrons. The number of nitrogens with zero attached hydrogens (tertiary/aromatic N) is 2. The Labute approximate surface area is 224 Å². The van der Waals surface area contributed by atoms with Crippen molar-refractivity contribution < 1.29 is 9.53 Å². The predicted octanol–water partition coefficient (Wildman–Crippen LogP) is 6.38. The number of ether oxygens (including phenoxy) is 1. The van der Waals surface area contributed by atoms with Gasteiger partial charge in [-0.25, -0.2) is 4.98 Å². The number of carbonyl (C=O) groups excluding carboxylic acids is 1. The van der Waals surface area contributed by atoms with Crippen molar-refractivity contribution in [3.05, 3.63) is 120 Å². The largest absolute Gasteiger partial charge is 0.491 e. The Bertz CT molecular complexity index is 1490. The van der Waals surface area contributed by atoms with Gasteiger partial charge in [0.15, 0.2) is 0 Å². The Hall–Kier alpha value is -4.38. The van der Waals surface area contributed by atoms with Crippen LogP contribution in [0, 0.1) is 6.92 Å². The molecular formula is C33H33N3O2. The molecule has 0 spiro atoms. The Morgan fingerprint density at radius 3 is 2.37 bits per heavy atom. The summed E-state index contributed by atoms with van der Waals surface area (Å²) in [4.78, 5) is 17.4. The van der Waals surface area contributed by atoms with Gasteiger partial charge in [0.1, 0.15) is 18.2 Å². The first-order valence-electron chi connectivity index (χ1n) is 13.2. The average molecular weight is 504 g/mol. The van der Waals surface area contributed by atoms with E-state index in [0.717, 1.165) is 58.7 Å². The number of fused-ring (bicyclic) bond motifs is 1. The Morgan fingerprint density at radius 2 is 1.55 bits per heavy atom. The van der Waals surface area contributed by atoms with E-state index in [4.69, 9.17) is 9.72 Å². The van der Waals surface area contributed by atoms with Gasteiger partial charge in [0.25, 0.3) is 0 Å². The second-order valence-electron chi connectivity index (χ2n) is 9.48. The number of rotatable bonds is 11. The zero-order valence-corrected chi connectivity index (χ0v) is 21.8. The van der Waals surface area contributed by atoms with Gasteiger partial charge in [0.2, 0.25) is 5.91 Å². The van der Waals surface area contributed by atoms with E-state index in [1.165, 1.54) is 5.56 Å². The summed E-state index contributed by atoms with van der Waals surface area (Å²) in [5.74, 6) is 1.97. The van der Waals surface area contributed by atoms with Crippen LogP contribution >= 0.6 is 0 Å². The highest BCUT2D eigenvalue weighted by atomic mass is 16.5. The van der Waals surface area contributed by atoms with Crippen molar-refractivity contribution in [3.63, 3.8) is 0 Å². The quantitative estimate of drug-likeness (QED) is 0.213. The van der Waals surface area contributed by atoms with E-state index in [1.54, 1.807) is 0 Å². The predicted molar refractivity (Wildman–Crippen MR) is 153 cm³/mol. The molecule has 5 rings (SSSR count). The Kier molecular flexibility index (Phi) is 8.14. The lowest BCUT2D eigenvalue weighted by Crippen LogP contribution is -2.26. The van der Waals surface area contributed by atoms with Gasteiger partial charge >= 0.3 is 0 Å². The van der Waals surface area contributed by atoms with E-state index < -0.39 is 0 Å². The minimum absolute atomic E-state index is 0.0394. The second kappa shape index (κ2) is 12.2. The highest BCUT2D eigenvalue weighted by Gasteiger charge is 2.11. The minimum Gasteiger partial charge on any atom is -0.491 e. The summed E-state index contributed by atoms with van der Waals surface area (Å²) < 4.78 is 8.29. The molecule has 0 saturated heterocycles. The summed E-state index contributed by atoms with van der Waals surface area (Å²) in [6, 6.07) is 34.7. The third kappa shape index (κ3) is 6.30. The summed E-state index contributed by atoms with van der Waals surface area (Å²) >= 11 is 0. The Balaban J connectivity index is 1.13. The zero-order chi connectivity index (χ0) is 26.2. The van der Waals surface area contributed by atoms with Gasteiger partial charge < -0.3 is 14.6 Å². The van der Waals surface area contributed by atoms with Crippen LogP contribution in [-0.2, 0) is 24.2 Å². The number of aryl methyl sites for hydroxylation is 2. The van der Waals surface area contributed by atoms with Crippen molar-refractivity contribution in [1.82, 2.24) is 14.9 Å². The van der Waals surface area contributed by atoms with Crippen LogP contribution in [0.3, 0.4) is 0 Å². The molecule has 0 atom stereocenters. The maximum Gasteiger partial charge on any atom is 0.224 e. The number of hydrogen-bond acceptors (Lipinski definition) is 3. The number of hydrogen-bond donors (Lipinski definition) is 1. The minimum atomic E-state index is 0.0394. The number of aromatic nitrogens is 2. The molecule has 38 heavy (non-hydrogen) atoms. The van der Waals surface area contributed by atoms with Gasteiger partial charge in [-0.05, 0) is 53.8 Å². The fourth-order valence-electron chi connectivity index (χ4n) is 4.70. The average Bonchev–Trinajstić information content (AvgIpc) is 3.30. The van der Waals surface area contributed by atoms with E-state index in [1.807, 2.05) is 66.7 Å². The fraction of sp³-hybridized carbons (Fsp3) is 0.212. The van der Waals surface area contributed by atoms with Gasteiger partial charge in [-0.2, -0.15) is 0 Å². The first kappa shape index (κ1) is 25.3. The van der Waals surface area contributed by atoms with Crippen LogP contribution in [0.5, 0.6) is 5.75 Å². The molecule has 0 unspecified atom stereocenters. The lowest BCUT2D eigenvalue weighted by atomic mass is 10.0. The number of benzene rings is 4. The summed E-state index contributed by atoms with van der Waals surface area (Å²) in [6.45, 7) is 3.96. The van der Waals surface area contributed by atoms with E-state index >= 15 is 0 Å². The Morgan fingerprint density at radius 1 is 0.842 bits per heavy atom. The molecule has 1 heterocycles. The molecule has 0 radical (unpaired) electrons. The third-order valence-corrected chi connectivity index (χ3v) is 6.72. The van der Waals surface area contributed by atoms with Crippen LogP contribution < -0.4 is 10.1 Å². The highest BCUT2D eigenvalue weighted by Crippen LogP contribution is 2.20. The molecule has 4 aromatic carbocycles. The number of para-hydroxylation sites is 3. The first-order valence-corrected chi connectivity index (χ1v) is 13.2. The van der Waals surface area contributed by atoms with E-state index in [-0.39, 0.29) is 5.91 Å². The second-order valence-corrected chi connectivity index (χ2v) is 9.48. The van der Waals surface area contributed by atoms with Crippen molar-refractivity contribution in [2.45, 2.75) is 32.7 Å². The first-order chi connectivity index (χ1) is 18.7. The highest BCUT2D eigenvalue weighted by molar-refractivity contribution is 5.79. The van der Waals surface area contributed by atoms with E-state index in [0.29, 0.717) is 19.6 Å². The molecule has 5 nitrogen and oxygen atoms in total. The summed E-state index contributed by atoms with van der Waals surface area (Å²) in [5, 5.41) is 3.07.